The number of fused-ring (bicyclic) bond motifs is 1. The van der Waals surface area contributed by atoms with Crippen LogP contribution in [0.4, 0.5) is 5.69 Å². The normalized spacial score (nSPS) is 11.9. The quantitative estimate of drug-likeness (QED) is 0.832. The van der Waals surface area contributed by atoms with Crippen LogP contribution < -0.4 is 20.1 Å². The number of carbonyl (C=O) groups excluding carboxylic acids is 2. The van der Waals surface area contributed by atoms with Crippen molar-refractivity contribution in [3.63, 3.8) is 0 Å². The number of hydrogen-bond donors (Lipinski definition) is 2. The van der Waals surface area contributed by atoms with Gasteiger partial charge >= 0.3 is 0 Å². The highest BCUT2D eigenvalue weighted by atomic mass is 35.5. The summed E-state index contributed by atoms with van der Waals surface area (Å²) in [7, 11) is 0. The van der Waals surface area contributed by atoms with Crippen LogP contribution in [0.3, 0.4) is 0 Å². The Morgan fingerprint density at radius 3 is 2.60 bits per heavy atom. The van der Waals surface area contributed by atoms with Gasteiger partial charge in [0.1, 0.15) is 0 Å². The van der Waals surface area contributed by atoms with Crippen LogP contribution in [-0.2, 0) is 4.79 Å². The predicted octanol–water partition coefficient (Wildman–Crippen LogP) is 3.48. The Balaban J connectivity index is 1.47. The smallest absolute Gasteiger partial charge is 0.251 e. The third-order valence-electron chi connectivity index (χ3n) is 3.48. The van der Waals surface area contributed by atoms with E-state index >= 15 is 0 Å². The Bertz CT molecular complexity index is 826. The molecule has 1 aliphatic heterocycles. The van der Waals surface area contributed by atoms with Crippen molar-refractivity contribution >= 4 is 40.7 Å². The Hall–Kier alpha value is -2.44. The molecule has 0 unspecified atom stereocenters. The lowest BCUT2D eigenvalue weighted by atomic mass is 10.2. The van der Waals surface area contributed by atoms with E-state index in [-0.39, 0.29) is 31.6 Å². The molecule has 0 aliphatic carbocycles. The van der Waals surface area contributed by atoms with Crippen molar-refractivity contribution in [2.24, 2.45) is 0 Å². The molecular formula is C17H14Cl2N2O4. The van der Waals surface area contributed by atoms with E-state index in [0.29, 0.717) is 32.8 Å². The van der Waals surface area contributed by atoms with Gasteiger partial charge in [0.2, 0.25) is 12.7 Å². The van der Waals surface area contributed by atoms with Crippen molar-refractivity contribution in [1.29, 1.82) is 0 Å². The van der Waals surface area contributed by atoms with E-state index in [0.717, 1.165) is 0 Å². The molecule has 0 fully saturated rings. The van der Waals surface area contributed by atoms with E-state index in [9.17, 15) is 9.59 Å². The van der Waals surface area contributed by atoms with Gasteiger partial charge in [0, 0.05) is 30.3 Å². The van der Waals surface area contributed by atoms with Gasteiger partial charge < -0.3 is 20.1 Å². The van der Waals surface area contributed by atoms with Gasteiger partial charge in [-0.05, 0) is 30.3 Å². The first kappa shape index (κ1) is 17.4. The molecule has 0 saturated heterocycles. The van der Waals surface area contributed by atoms with Crippen LogP contribution in [0.25, 0.3) is 0 Å². The Kier molecular flexibility index (Phi) is 5.31. The molecule has 0 saturated carbocycles. The van der Waals surface area contributed by atoms with E-state index in [2.05, 4.69) is 10.6 Å². The second-order valence-electron chi connectivity index (χ2n) is 5.25. The Morgan fingerprint density at radius 2 is 1.80 bits per heavy atom. The molecule has 2 N–H and O–H groups in total. The highest BCUT2D eigenvalue weighted by Crippen LogP contribution is 2.34. The molecule has 2 aromatic rings. The fraction of sp³-hybridized carbons (Fsp3) is 0.176. The van der Waals surface area contributed by atoms with E-state index in [4.69, 9.17) is 32.7 Å². The third kappa shape index (κ3) is 4.35. The lowest BCUT2D eigenvalue weighted by Gasteiger charge is -2.08. The fourth-order valence-corrected chi connectivity index (χ4v) is 2.52. The lowest BCUT2D eigenvalue weighted by molar-refractivity contribution is -0.116. The fourth-order valence-electron chi connectivity index (χ4n) is 2.23. The minimum atomic E-state index is -0.325. The molecule has 6 nitrogen and oxygen atoms in total. The molecule has 0 radical (unpaired) electrons. The minimum absolute atomic E-state index is 0.126. The molecule has 0 aromatic heterocycles. The third-order valence-corrected chi connectivity index (χ3v) is 4.21. The number of anilines is 1. The van der Waals surface area contributed by atoms with Crippen LogP contribution in [0.5, 0.6) is 11.5 Å². The standard InChI is InChI=1S/C17H14Cl2N2O4/c18-12-3-1-10(7-13(12)19)17(23)20-6-5-16(22)21-11-2-4-14-15(8-11)25-9-24-14/h1-4,7-8H,5-6,9H2,(H,20,23)(H,21,22). The van der Waals surface area contributed by atoms with Crippen LogP contribution in [0, 0.1) is 0 Å². The second kappa shape index (κ2) is 7.63. The first-order valence-corrected chi connectivity index (χ1v) is 8.21. The summed E-state index contributed by atoms with van der Waals surface area (Å²) in [6, 6.07) is 9.73. The van der Waals surface area contributed by atoms with Crippen molar-refractivity contribution < 1.29 is 19.1 Å². The van der Waals surface area contributed by atoms with Crippen molar-refractivity contribution in [2.75, 3.05) is 18.7 Å². The van der Waals surface area contributed by atoms with Gasteiger partial charge in [-0.1, -0.05) is 23.2 Å². The average molecular weight is 381 g/mol. The first-order valence-electron chi connectivity index (χ1n) is 7.45. The van der Waals surface area contributed by atoms with Crippen LogP contribution in [0.2, 0.25) is 10.0 Å². The Morgan fingerprint density at radius 1 is 1.00 bits per heavy atom. The number of nitrogens with one attached hydrogen (secondary N) is 2. The molecular weight excluding hydrogens is 367 g/mol. The number of carbonyl (C=O) groups is 2. The largest absolute Gasteiger partial charge is 0.454 e. The lowest BCUT2D eigenvalue weighted by Crippen LogP contribution is -2.27. The van der Waals surface area contributed by atoms with Gasteiger partial charge in [-0.25, -0.2) is 0 Å². The number of amides is 2. The molecule has 130 valence electrons. The SMILES string of the molecule is O=C(CCNC(=O)c1ccc(Cl)c(Cl)c1)Nc1ccc2c(c1)OCO2. The zero-order valence-electron chi connectivity index (χ0n) is 13.0. The average Bonchev–Trinajstić information content (AvgIpc) is 3.05. The van der Waals surface area contributed by atoms with Gasteiger partial charge in [0.25, 0.3) is 5.91 Å². The van der Waals surface area contributed by atoms with E-state index in [1.807, 2.05) is 0 Å². The summed E-state index contributed by atoms with van der Waals surface area (Å²) in [4.78, 5) is 24.0. The van der Waals surface area contributed by atoms with E-state index < -0.39 is 0 Å². The summed E-state index contributed by atoms with van der Waals surface area (Å²) in [5, 5.41) is 6.07. The van der Waals surface area contributed by atoms with Gasteiger partial charge in [0.05, 0.1) is 10.0 Å². The van der Waals surface area contributed by atoms with Gasteiger partial charge in [0.15, 0.2) is 11.5 Å². The molecule has 1 heterocycles. The molecule has 0 atom stereocenters. The van der Waals surface area contributed by atoms with Crippen molar-refractivity contribution in [2.45, 2.75) is 6.42 Å². The first-order chi connectivity index (χ1) is 12.0. The van der Waals surface area contributed by atoms with Crippen molar-refractivity contribution in [3.8, 4) is 11.5 Å². The predicted molar refractivity (Wildman–Crippen MR) is 94.6 cm³/mol. The minimum Gasteiger partial charge on any atom is -0.454 e. The van der Waals surface area contributed by atoms with E-state index in [1.54, 1.807) is 30.3 Å². The maximum atomic E-state index is 12.0. The molecule has 8 heteroatoms. The maximum Gasteiger partial charge on any atom is 0.251 e. The van der Waals surface area contributed by atoms with Crippen LogP contribution in [0.15, 0.2) is 36.4 Å². The van der Waals surface area contributed by atoms with Crippen molar-refractivity contribution in [3.05, 3.63) is 52.0 Å². The monoisotopic (exact) mass is 380 g/mol. The van der Waals surface area contributed by atoms with Crippen LogP contribution in [-0.4, -0.2) is 25.2 Å². The number of ether oxygens (including phenoxy) is 2. The number of halogens is 2. The highest BCUT2D eigenvalue weighted by Gasteiger charge is 2.14. The summed E-state index contributed by atoms with van der Waals surface area (Å²) in [6.45, 7) is 0.364. The summed E-state index contributed by atoms with van der Waals surface area (Å²) < 4.78 is 10.5. The summed E-state index contributed by atoms with van der Waals surface area (Å²) in [5.74, 6) is 0.681. The second-order valence-corrected chi connectivity index (χ2v) is 6.07. The summed E-state index contributed by atoms with van der Waals surface area (Å²) in [5.41, 5.74) is 0.982. The highest BCUT2D eigenvalue weighted by molar-refractivity contribution is 6.42. The number of hydrogen-bond acceptors (Lipinski definition) is 4. The zero-order chi connectivity index (χ0) is 17.8. The number of rotatable bonds is 5. The summed E-state index contributed by atoms with van der Waals surface area (Å²) in [6.07, 6.45) is 0.126. The van der Waals surface area contributed by atoms with E-state index in [1.165, 1.54) is 6.07 Å². The topological polar surface area (TPSA) is 76.7 Å². The summed E-state index contributed by atoms with van der Waals surface area (Å²) >= 11 is 11.7. The number of benzene rings is 2. The van der Waals surface area contributed by atoms with Crippen LogP contribution >= 0.6 is 23.2 Å². The molecule has 2 aromatic carbocycles. The molecule has 0 bridgehead atoms. The molecule has 0 spiro atoms. The maximum absolute atomic E-state index is 12.0. The molecule has 1 aliphatic rings. The molecule has 3 rings (SSSR count). The van der Waals surface area contributed by atoms with Gasteiger partial charge in [-0.2, -0.15) is 0 Å². The van der Waals surface area contributed by atoms with Crippen molar-refractivity contribution in [1.82, 2.24) is 5.32 Å². The zero-order valence-corrected chi connectivity index (χ0v) is 14.5. The molecule has 25 heavy (non-hydrogen) atoms. The van der Waals surface area contributed by atoms with Gasteiger partial charge in [-0.15, -0.1) is 0 Å². The van der Waals surface area contributed by atoms with Gasteiger partial charge in [-0.3, -0.25) is 9.59 Å². The van der Waals surface area contributed by atoms with Crippen LogP contribution in [0.1, 0.15) is 16.8 Å². The Labute approximate surface area is 154 Å². The molecule has 2 amide bonds.